The number of hydrogen-bond acceptors (Lipinski definition) is 7. The van der Waals surface area contributed by atoms with Gasteiger partial charge in [0.1, 0.15) is 16.5 Å². The van der Waals surface area contributed by atoms with Gasteiger partial charge in [-0.15, -0.1) is 10.2 Å². The fourth-order valence-corrected chi connectivity index (χ4v) is 4.51. The number of aliphatic hydroxyl groups excluding tert-OH is 1. The molecule has 0 unspecified atom stereocenters. The summed E-state index contributed by atoms with van der Waals surface area (Å²) < 4.78 is 5.18. The Balaban J connectivity index is 1.89. The highest BCUT2D eigenvalue weighted by Crippen LogP contribution is 2.43. The maximum absolute atomic E-state index is 13.2. The van der Waals surface area contributed by atoms with Crippen LogP contribution in [0.15, 0.2) is 54.1 Å². The van der Waals surface area contributed by atoms with Gasteiger partial charge in [-0.2, -0.15) is 0 Å². The molecule has 0 bridgehead atoms. The summed E-state index contributed by atoms with van der Waals surface area (Å²) in [5.74, 6) is -1.14. The number of carbonyl (C=O) groups is 2. The molecule has 1 N–H and O–H groups in total. The van der Waals surface area contributed by atoms with Crippen molar-refractivity contribution >= 4 is 33.9 Å². The van der Waals surface area contributed by atoms with E-state index in [1.165, 1.54) is 16.2 Å². The number of rotatable bonds is 4. The molecule has 0 saturated carbocycles. The van der Waals surface area contributed by atoms with Gasteiger partial charge in [-0.3, -0.25) is 14.5 Å². The van der Waals surface area contributed by atoms with Gasteiger partial charge in [0.15, 0.2) is 0 Å². The summed E-state index contributed by atoms with van der Waals surface area (Å²) in [6, 6.07) is 13.6. The molecule has 2 aromatic carbocycles. The number of aryl methyl sites for hydroxylation is 1. The van der Waals surface area contributed by atoms with Crippen LogP contribution in [0, 0.1) is 6.92 Å². The number of anilines is 1. The van der Waals surface area contributed by atoms with Gasteiger partial charge >= 0.3 is 5.91 Å². The van der Waals surface area contributed by atoms with Gasteiger partial charge in [-0.05, 0) is 47.7 Å². The van der Waals surface area contributed by atoms with Crippen molar-refractivity contribution in [2.24, 2.45) is 0 Å². The second kappa shape index (κ2) is 8.44. The second-order valence-electron chi connectivity index (χ2n) is 8.87. The summed E-state index contributed by atoms with van der Waals surface area (Å²) in [7, 11) is 1.55. The standard InChI is InChI=1S/C25H25N3O4S/c1-14-26-27-24(33-14)28-20(15-6-10-17(11-7-15)25(2,3)4)19(22(30)23(28)31)21(29)16-8-12-18(32-5)13-9-16/h6-13,20,29H,1-5H3/t20-/m0/s1. The zero-order valence-electron chi connectivity index (χ0n) is 19.1. The molecule has 1 aliphatic rings. The quantitative estimate of drug-likeness (QED) is 0.340. The molecule has 8 heteroatoms. The summed E-state index contributed by atoms with van der Waals surface area (Å²) in [6.07, 6.45) is 0. The number of methoxy groups -OCH3 is 1. The number of benzene rings is 2. The number of aliphatic hydroxyl groups is 1. The zero-order valence-corrected chi connectivity index (χ0v) is 19.9. The predicted octanol–water partition coefficient (Wildman–Crippen LogP) is 4.78. The summed E-state index contributed by atoms with van der Waals surface area (Å²) in [5.41, 5.74) is 2.19. The van der Waals surface area contributed by atoms with E-state index < -0.39 is 17.7 Å². The van der Waals surface area contributed by atoms with Gasteiger partial charge < -0.3 is 9.84 Å². The molecule has 0 aliphatic carbocycles. The van der Waals surface area contributed by atoms with Crippen molar-refractivity contribution in [1.29, 1.82) is 0 Å². The lowest BCUT2D eigenvalue weighted by molar-refractivity contribution is -0.132. The van der Waals surface area contributed by atoms with E-state index in [2.05, 4.69) is 31.0 Å². The number of aromatic nitrogens is 2. The summed E-state index contributed by atoms with van der Waals surface area (Å²) >= 11 is 1.22. The Labute approximate surface area is 196 Å². The Morgan fingerprint density at radius 1 is 1.03 bits per heavy atom. The van der Waals surface area contributed by atoms with Gasteiger partial charge in [0.05, 0.1) is 18.7 Å². The molecule has 0 spiro atoms. The summed E-state index contributed by atoms with van der Waals surface area (Å²) in [5, 5.41) is 20.3. The fourth-order valence-electron chi connectivity index (χ4n) is 3.80. The number of ether oxygens (including phenoxy) is 1. The number of carbonyl (C=O) groups excluding carboxylic acids is 2. The van der Waals surface area contributed by atoms with Crippen molar-refractivity contribution < 1.29 is 19.4 Å². The Morgan fingerprint density at radius 2 is 1.67 bits per heavy atom. The van der Waals surface area contributed by atoms with Crippen LogP contribution in [-0.2, 0) is 15.0 Å². The number of Topliss-reactive ketones (excluding diaryl/α,β-unsaturated/α-hetero) is 1. The molecule has 2 heterocycles. The Morgan fingerprint density at radius 3 is 2.18 bits per heavy atom. The molecule has 1 aromatic heterocycles. The van der Waals surface area contributed by atoms with E-state index in [0.717, 1.165) is 5.56 Å². The zero-order chi connectivity index (χ0) is 23.9. The summed E-state index contributed by atoms with van der Waals surface area (Å²) in [6.45, 7) is 8.12. The molecular weight excluding hydrogens is 438 g/mol. The minimum atomic E-state index is -0.825. The Kier molecular flexibility index (Phi) is 5.80. The van der Waals surface area contributed by atoms with Crippen LogP contribution in [0.2, 0.25) is 0 Å². The first-order valence-corrected chi connectivity index (χ1v) is 11.3. The summed E-state index contributed by atoms with van der Waals surface area (Å²) in [4.78, 5) is 27.6. The molecule has 1 aliphatic heterocycles. The number of amides is 1. The normalized spacial score (nSPS) is 18.1. The van der Waals surface area contributed by atoms with Crippen molar-refractivity contribution in [2.45, 2.75) is 39.2 Å². The Bertz CT molecular complexity index is 1240. The van der Waals surface area contributed by atoms with Gasteiger partial charge in [0, 0.05) is 5.56 Å². The number of hydrogen-bond donors (Lipinski definition) is 1. The predicted molar refractivity (Wildman–Crippen MR) is 128 cm³/mol. The van der Waals surface area contributed by atoms with E-state index in [4.69, 9.17) is 4.74 Å². The van der Waals surface area contributed by atoms with E-state index in [9.17, 15) is 14.7 Å². The lowest BCUT2D eigenvalue weighted by Crippen LogP contribution is -2.29. The molecule has 170 valence electrons. The SMILES string of the molecule is COc1ccc(C(O)=C2C(=O)C(=O)N(c3nnc(C)s3)[C@H]2c2ccc(C(C)(C)C)cc2)cc1. The van der Waals surface area contributed by atoms with E-state index >= 15 is 0 Å². The molecule has 1 fully saturated rings. The molecule has 3 aromatic rings. The highest BCUT2D eigenvalue weighted by Gasteiger charge is 2.48. The third-order valence-electron chi connectivity index (χ3n) is 5.62. The van der Waals surface area contributed by atoms with Crippen LogP contribution in [-0.4, -0.2) is 34.1 Å². The van der Waals surface area contributed by atoms with Crippen LogP contribution in [0.4, 0.5) is 5.13 Å². The number of nitrogens with zero attached hydrogens (tertiary/aromatic N) is 3. The van der Waals surface area contributed by atoms with Crippen LogP contribution < -0.4 is 9.64 Å². The lowest BCUT2D eigenvalue weighted by Gasteiger charge is -2.24. The van der Waals surface area contributed by atoms with Crippen LogP contribution in [0.3, 0.4) is 0 Å². The average molecular weight is 464 g/mol. The number of ketones is 1. The van der Waals surface area contributed by atoms with Gasteiger partial charge in [-0.25, -0.2) is 0 Å². The molecule has 1 saturated heterocycles. The smallest absolute Gasteiger partial charge is 0.301 e. The fraction of sp³-hybridized carbons (Fsp3) is 0.280. The highest BCUT2D eigenvalue weighted by molar-refractivity contribution is 7.15. The van der Waals surface area contributed by atoms with Crippen molar-refractivity contribution in [3.8, 4) is 5.75 Å². The van der Waals surface area contributed by atoms with Crippen molar-refractivity contribution in [3.05, 3.63) is 75.8 Å². The highest BCUT2D eigenvalue weighted by atomic mass is 32.1. The van der Waals surface area contributed by atoms with E-state index in [1.54, 1.807) is 38.3 Å². The van der Waals surface area contributed by atoms with Crippen LogP contribution in [0.25, 0.3) is 5.76 Å². The third kappa shape index (κ3) is 4.14. The maximum Gasteiger partial charge on any atom is 0.301 e. The van der Waals surface area contributed by atoms with E-state index in [1.807, 2.05) is 24.3 Å². The van der Waals surface area contributed by atoms with Crippen LogP contribution >= 0.6 is 11.3 Å². The van der Waals surface area contributed by atoms with Crippen LogP contribution in [0.1, 0.15) is 48.5 Å². The average Bonchev–Trinajstić information content (AvgIpc) is 3.33. The monoisotopic (exact) mass is 463 g/mol. The van der Waals surface area contributed by atoms with Crippen LogP contribution in [0.5, 0.6) is 5.75 Å². The minimum Gasteiger partial charge on any atom is -0.507 e. The molecule has 33 heavy (non-hydrogen) atoms. The van der Waals surface area contributed by atoms with Crippen molar-refractivity contribution in [3.63, 3.8) is 0 Å². The second-order valence-corrected chi connectivity index (χ2v) is 10.0. The minimum absolute atomic E-state index is 0.0153. The lowest BCUT2D eigenvalue weighted by atomic mass is 9.85. The maximum atomic E-state index is 13.2. The van der Waals surface area contributed by atoms with E-state index in [0.29, 0.717) is 27.0 Å². The Hall–Kier alpha value is -3.52. The molecule has 7 nitrogen and oxygen atoms in total. The van der Waals surface area contributed by atoms with Gasteiger partial charge in [0.2, 0.25) is 5.13 Å². The molecule has 0 radical (unpaired) electrons. The molecule has 1 atom stereocenters. The van der Waals surface area contributed by atoms with E-state index in [-0.39, 0.29) is 16.7 Å². The third-order valence-corrected chi connectivity index (χ3v) is 6.46. The van der Waals surface area contributed by atoms with Crippen molar-refractivity contribution in [1.82, 2.24) is 10.2 Å². The first-order valence-electron chi connectivity index (χ1n) is 10.5. The van der Waals surface area contributed by atoms with Gasteiger partial charge in [0.25, 0.3) is 5.78 Å². The largest absolute Gasteiger partial charge is 0.507 e. The van der Waals surface area contributed by atoms with Crippen molar-refractivity contribution in [2.75, 3.05) is 12.0 Å². The molecule has 4 rings (SSSR count). The first kappa shape index (κ1) is 22.7. The molecule has 1 amide bonds. The van der Waals surface area contributed by atoms with Gasteiger partial charge in [-0.1, -0.05) is 56.4 Å². The first-order chi connectivity index (χ1) is 15.6. The molecular formula is C25H25N3O4S. The topological polar surface area (TPSA) is 92.6 Å².